The number of morpholine rings is 2. The van der Waals surface area contributed by atoms with Crippen molar-refractivity contribution >= 4 is 24.0 Å². The van der Waals surface area contributed by atoms with E-state index in [-0.39, 0.29) is 47.4 Å². The Balaban J connectivity index is 0.000000570. The second-order valence-corrected chi connectivity index (χ2v) is 9.37. The number of alkyl halides is 1. The predicted octanol–water partition coefficient (Wildman–Crippen LogP) is 2.50. The average Bonchev–Trinajstić information content (AvgIpc) is 2.93. The van der Waals surface area contributed by atoms with Crippen molar-refractivity contribution in [3.63, 3.8) is 0 Å². The topological polar surface area (TPSA) is 160 Å². The number of H-pyrrole nitrogens is 2. The summed E-state index contributed by atoms with van der Waals surface area (Å²) in [5.41, 5.74) is 1.29. The number of nitrogens with one attached hydrogen (secondary N) is 3. The second kappa shape index (κ2) is 19.9. The lowest BCUT2D eigenvalue weighted by Crippen LogP contribution is -2.39. The van der Waals surface area contributed by atoms with Gasteiger partial charge in [0.05, 0.1) is 43.2 Å². The molecule has 2 saturated heterocycles. The molecule has 0 spiro atoms. The van der Waals surface area contributed by atoms with Crippen LogP contribution >= 0.6 is 24.0 Å². The number of aromatic amines is 2. The molecular formula is C26H44Cl2N4O7. The summed E-state index contributed by atoms with van der Waals surface area (Å²) in [6.07, 6.45) is 3.21. The minimum Gasteiger partial charge on any atom is -0.503 e. The number of pyridine rings is 2. The Kier molecular flexibility index (Phi) is 18.8. The Morgan fingerprint density at radius 2 is 1.31 bits per heavy atom. The highest BCUT2D eigenvalue weighted by Crippen LogP contribution is 2.20. The van der Waals surface area contributed by atoms with Gasteiger partial charge in [0.2, 0.25) is 10.9 Å². The number of halogens is 2. The Hall–Kier alpha value is -2.12. The number of hydrogen-bond acceptors (Lipinski definition) is 9. The molecule has 6 N–H and O–H groups in total. The van der Waals surface area contributed by atoms with Crippen LogP contribution in [0.1, 0.15) is 54.7 Å². The maximum Gasteiger partial charge on any atom is 0.228 e. The number of aliphatic hydroxyl groups is 1. The first-order valence-corrected chi connectivity index (χ1v) is 13.2. The molecule has 2 aliphatic rings. The first kappa shape index (κ1) is 36.9. The van der Waals surface area contributed by atoms with E-state index >= 15 is 0 Å². The summed E-state index contributed by atoms with van der Waals surface area (Å²) in [7, 11) is 0. The standard InChI is InChI=1S/C12H18N2O3.C8H10ClNO2.C4H9NO.C2H6O.ClH/c1-8-11(15)12(16)10(7-13-8)9(2)14-3-5-17-6-4-14;1-4(9)6-3-10-5(2)7(11)8(6)12;1-3-6-4-2-5-1;1-2-3;/h7,9,15H,3-6H2,1-2H3,(H,13,16);3-4,11H,1-2H3,(H,10,12);5H,1-4H2;3H,2H2,1H3;1H. The monoisotopic (exact) mass is 594 g/mol. The fourth-order valence-electron chi connectivity index (χ4n) is 3.54. The number of aromatic hydroxyl groups is 2. The summed E-state index contributed by atoms with van der Waals surface area (Å²) < 4.78 is 10.3. The molecule has 13 heteroatoms. The van der Waals surface area contributed by atoms with Crippen LogP contribution < -0.4 is 16.2 Å². The van der Waals surface area contributed by atoms with E-state index in [0.29, 0.717) is 35.7 Å². The number of aryl methyl sites for hydroxylation is 2. The van der Waals surface area contributed by atoms with E-state index < -0.39 is 5.43 Å². The van der Waals surface area contributed by atoms with E-state index in [1.54, 1.807) is 33.9 Å². The van der Waals surface area contributed by atoms with E-state index in [4.69, 9.17) is 26.2 Å². The summed E-state index contributed by atoms with van der Waals surface area (Å²) in [4.78, 5) is 31.1. The first-order chi connectivity index (χ1) is 18.1. The molecule has 39 heavy (non-hydrogen) atoms. The van der Waals surface area contributed by atoms with Gasteiger partial charge in [0.15, 0.2) is 11.5 Å². The molecule has 2 aromatic heterocycles. The fourth-order valence-corrected chi connectivity index (χ4v) is 3.70. The lowest BCUT2D eigenvalue weighted by atomic mass is 10.1. The molecule has 0 aliphatic carbocycles. The van der Waals surface area contributed by atoms with Gasteiger partial charge in [-0.3, -0.25) is 14.5 Å². The highest BCUT2D eigenvalue weighted by Gasteiger charge is 2.22. The maximum absolute atomic E-state index is 11.9. The summed E-state index contributed by atoms with van der Waals surface area (Å²) in [6, 6.07) is -0.00542. The Morgan fingerprint density at radius 1 is 0.897 bits per heavy atom. The normalized spacial score (nSPS) is 16.5. The number of rotatable bonds is 3. The SMILES string of the molecule is C1COCCN1.CCO.Cc1[nH]cc(C(C)Cl)c(=O)c1O.Cc1[nH]cc(C(C)N2CCOCC2)c(=O)c1O.Cl. The van der Waals surface area contributed by atoms with E-state index in [9.17, 15) is 19.8 Å². The van der Waals surface area contributed by atoms with Gasteiger partial charge in [-0.05, 0) is 34.6 Å². The lowest BCUT2D eigenvalue weighted by Gasteiger charge is -2.32. The van der Waals surface area contributed by atoms with Crippen LogP contribution in [-0.2, 0) is 9.47 Å². The number of aromatic nitrogens is 2. The smallest absolute Gasteiger partial charge is 0.228 e. The van der Waals surface area contributed by atoms with E-state index in [1.165, 1.54) is 6.20 Å². The molecule has 224 valence electrons. The van der Waals surface area contributed by atoms with Crippen molar-refractivity contribution in [2.75, 3.05) is 59.2 Å². The van der Waals surface area contributed by atoms with Crippen LogP contribution in [-0.4, -0.2) is 89.4 Å². The van der Waals surface area contributed by atoms with Crippen LogP contribution in [0.25, 0.3) is 0 Å². The van der Waals surface area contributed by atoms with Crippen LogP contribution in [0, 0.1) is 13.8 Å². The summed E-state index contributed by atoms with van der Waals surface area (Å²) >= 11 is 5.70. The molecule has 2 atom stereocenters. The average molecular weight is 596 g/mol. The number of hydrogen-bond donors (Lipinski definition) is 6. The third-order valence-corrected chi connectivity index (χ3v) is 6.11. The number of nitrogens with zero attached hydrogens (tertiary/aromatic N) is 1. The molecule has 0 amide bonds. The van der Waals surface area contributed by atoms with Crippen LogP contribution in [0.4, 0.5) is 0 Å². The van der Waals surface area contributed by atoms with Gasteiger partial charge < -0.3 is 40.1 Å². The van der Waals surface area contributed by atoms with Crippen molar-refractivity contribution in [3.05, 3.63) is 55.4 Å². The van der Waals surface area contributed by atoms with Gasteiger partial charge in [-0.1, -0.05) is 0 Å². The van der Waals surface area contributed by atoms with Crippen molar-refractivity contribution < 1.29 is 24.8 Å². The molecule has 4 heterocycles. The quantitative estimate of drug-likeness (QED) is 0.293. The Labute approximate surface area is 240 Å². The van der Waals surface area contributed by atoms with Crippen LogP contribution in [0.3, 0.4) is 0 Å². The highest BCUT2D eigenvalue weighted by atomic mass is 35.5. The van der Waals surface area contributed by atoms with Gasteiger partial charge in [-0.2, -0.15) is 0 Å². The van der Waals surface area contributed by atoms with Crippen molar-refractivity contribution in [3.8, 4) is 11.5 Å². The van der Waals surface area contributed by atoms with E-state index in [1.807, 2.05) is 6.92 Å². The summed E-state index contributed by atoms with van der Waals surface area (Å²) in [5, 5.41) is 29.2. The largest absolute Gasteiger partial charge is 0.503 e. The Morgan fingerprint density at radius 3 is 1.69 bits per heavy atom. The van der Waals surface area contributed by atoms with Gasteiger partial charge >= 0.3 is 0 Å². The molecule has 0 radical (unpaired) electrons. The first-order valence-electron chi connectivity index (χ1n) is 12.7. The van der Waals surface area contributed by atoms with Crippen molar-refractivity contribution in [2.45, 2.75) is 46.0 Å². The molecule has 2 aliphatic heterocycles. The zero-order chi connectivity index (χ0) is 28.7. The molecular weight excluding hydrogens is 551 g/mol. The van der Waals surface area contributed by atoms with Crippen molar-refractivity contribution in [1.29, 1.82) is 0 Å². The zero-order valence-electron chi connectivity index (χ0n) is 23.4. The third-order valence-electron chi connectivity index (χ3n) is 5.87. The van der Waals surface area contributed by atoms with E-state index in [0.717, 1.165) is 39.4 Å². The molecule has 0 aromatic carbocycles. The summed E-state index contributed by atoms with van der Waals surface area (Å²) in [6.45, 7) is 15.7. The minimum absolute atomic E-state index is 0. The number of aliphatic hydroxyl groups excluding tert-OH is 1. The third kappa shape index (κ3) is 12.3. The van der Waals surface area contributed by atoms with Gasteiger partial charge in [-0.25, -0.2) is 0 Å². The van der Waals surface area contributed by atoms with Crippen molar-refractivity contribution in [2.24, 2.45) is 0 Å². The zero-order valence-corrected chi connectivity index (χ0v) is 25.0. The van der Waals surface area contributed by atoms with Crippen molar-refractivity contribution in [1.82, 2.24) is 20.2 Å². The van der Waals surface area contributed by atoms with Gasteiger partial charge in [0, 0.05) is 62.3 Å². The molecule has 2 fully saturated rings. The fraction of sp³-hybridized carbons (Fsp3) is 0.615. The van der Waals surface area contributed by atoms with Gasteiger partial charge in [0.25, 0.3) is 0 Å². The maximum atomic E-state index is 11.9. The van der Waals surface area contributed by atoms with Gasteiger partial charge in [0.1, 0.15) is 0 Å². The molecule has 11 nitrogen and oxygen atoms in total. The van der Waals surface area contributed by atoms with E-state index in [2.05, 4.69) is 20.2 Å². The molecule has 2 aromatic rings. The number of ether oxygens (including phenoxy) is 2. The lowest BCUT2D eigenvalue weighted by molar-refractivity contribution is 0.0195. The second-order valence-electron chi connectivity index (χ2n) is 8.71. The van der Waals surface area contributed by atoms with Crippen LogP contribution in [0.2, 0.25) is 0 Å². The highest BCUT2D eigenvalue weighted by molar-refractivity contribution is 6.20. The van der Waals surface area contributed by atoms with Gasteiger partial charge in [-0.15, -0.1) is 24.0 Å². The van der Waals surface area contributed by atoms with Crippen LogP contribution in [0.5, 0.6) is 11.5 Å². The molecule has 0 saturated carbocycles. The molecule has 0 bridgehead atoms. The summed E-state index contributed by atoms with van der Waals surface area (Å²) in [5.74, 6) is -0.428. The molecule has 2 unspecified atom stereocenters. The minimum atomic E-state index is -0.395. The van der Waals surface area contributed by atoms with Crippen LogP contribution in [0.15, 0.2) is 22.0 Å². The molecule has 4 rings (SSSR count). The predicted molar refractivity (Wildman–Crippen MR) is 156 cm³/mol. The Bertz CT molecular complexity index is 1060.